The molecule has 0 bridgehead atoms. The quantitative estimate of drug-likeness (QED) is 0.822. The zero-order valence-corrected chi connectivity index (χ0v) is 15.1. The lowest BCUT2D eigenvalue weighted by molar-refractivity contribution is -0.129. The fourth-order valence-corrected chi connectivity index (χ4v) is 3.20. The third-order valence-electron chi connectivity index (χ3n) is 4.49. The molecule has 2 aromatic rings. The van der Waals surface area contributed by atoms with Gasteiger partial charge < -0.3 is 10.2 Å². The average Bonchev–Trinajstić information content (AvgIpc) is 2.96. The molecule has 1 saturated heterocycles. The van der Waals surface area contributed by atoms with Gasteiger partial charge in [-0.3, -0.25) is 9.59 Å². The minimum Gasteiger partial charge on any atom is -0.325 e. The lowest BCUT2D eigenvalue weighted by Crippen LogP contribution is -2.33. The summed E-state index contributed by atoms with van der Waals surface area (Å²) in [7, 11) is 0. The molecule has 0 radical (unpaired) electrons. The molecule has 0 spiro atoms. The highest BCUT2D eigenvalue weighted by Gasteiger charge is 2.37. The highest BCUT2D eigenvalue weighted by molar-refractivity contribution is 6.31. The predicted molar refractivity (Wildman–Crippen MR) is 101 cm³/mol. The fraction of sp³-hybridized carbons (Fsp3) is 0.300. The number of nitrogens with zero attached hydrogens (tertiary/aromatic N) is 1. The second-order valence-electron chi connectivity index (χ2n) is 6.58. The lowest BCUT2D eigenvalue weighted by atomic mass is 10.0. The molecule has 4 nitrogen and oxygen atoms in total. The number of amides is 2. The van der Waals surface area contributed by atoms with Crippen LogP contribution < -0.4 is 10.2 Å². The van der Waals surface area contributed by atoms with Gasteiger partial charge in [0.05, 0.1) is 0 Å². The summed E-state index contributed by atoms with van der Waals surface area (Å²) in [5, 5.41) is 3.32. The lowest BCUT2D eigenvalue weighted by Gasteiger charge is -2.18. The Bertz CT molecular complexity index is 787. The minimum absolute atomic E-state index is 0.156. The van der Waals surface area contributed by atoms with Gasteiger partial charge in [-0.2, -0.15) is 0 Å². The first-order valence-corrected chi connectivity index (χ1v) is 8.81. The molecule has 1 aliphatic heterocycles. The second-order valence-corrected chi connectivity index (χ2v) is 7.01. The van der Waals surface area contributed by atoms with Crippen LogP contribution in [0.2, 0.25) is 5.02 Å². The van der Waals surface area contributed by atoms with Crippen molar-refractivity contribution in [1.82, 2.24) is 0 Å². The van der Waals surface area contributed by atoms with Crippen molar-refractivity contribution in [2.75, 3.05) is 16.8 Å². The maximum absolute atomic E-state index is 12.7. The van der Waals surface area contributed by atoms with Crippen molar-refractivity contribution >= 4 is 34.8 Å². The van der Waals surface area contributed by atoms with Crippen molar-refractivity contribution in [3.05, 3.63) is 59.1 Å². The molecule has 1 fully saturated rings. The Kier molecular flexibility index (Phi) is 5.09. The maximum atomic E-state index is 12.7. The molecule has 1 heterocycles. The Morgan fingerprint density at radius 1 is 1.20 bits per heavy atom. The summed E-state index contributed by atoms with van der Waals surface area (Å²) in [6.45, 7) is 4.81. The second kappa shape index (κ2) is 7.28. The maximum Gasteiger partial charge on any atom is 0.239 e. The van der Waals surface area contributed by atoms with Crippen LogP contribution >= 0.6 is 11.6 Å². The Morgan fingerprint density at radius 2 is 1.92 bits per heavy atom. The first-order chi connectivity index (χ1) is 12.0. The van der Waals surface area contributed by atoms with Crippen LogP contribution in [0.3, 0.4) is 0 Å². The van der Waals surface area contributed by atoms with Crippen molar-refractivity contribution in [2.45, 2.75) is 26.2 Å². The van der Waals surface area contributed by atoms with Gasteiger partial charge in [0.15, 0.2) is 0 Å². The first-order valence-electron chi connectivity index (χ1n) is 8.43. The van der Waals surface area contributed by atoms with Gasteiger partial charge in [0.25, 0.3) is 0 Å². The van der Waals surface area contributed by atoms with Gasteiger partial charge >= 0.3 is 0 Å². The molecule has 0 saturated carbocycles. The highest BCUT2D eigenvalue weighted by atomic mass is 35.5. The molecule has 2 amide bonds. The predicted octanol–water partition coefficient (Wildman–Crippen LogP) is 4.46. The molecule has 0 aromatic heterocycles. The van der Waals surface area contributed by atoms with Crippen molar-refractivity contribution in [1.29, 1.82) is 0 Å². The number of hydrogen-bond acceptors (Lipinski definition) is 2. The molecule has 1 aliphatic rings. The molecule has 1 atom stereocenters. The smallest absolute Gasteiger partial charge is 0.239 e. The molecule has 1 N–H and O–H groups in total. The molecule has 5 heteroatoms. The van der Waals surface area contributed by atoms with Crippen molar-refractivity contribution in [3.63, 3.8) is 0 Å². The third kappa shape index (κ3) is 3.85. The van der Waals surface area contributed by atoms with E-state index in [1.165, 1.54) is 5.56 Å². The molecule has 25 heavy (non-hydrogen) atoms. The Hall–Kier alpha value is -2.33. The van der Waals surface area contributed by atoms with Crippen LogP contribution in [0.1, 0.15) is 31.7 Å². The van der Waals surface area contributed by atoms with Gasteiger partial charge in [0.2, 0.25) is 11.8 Å². The molecule has 3 rings (SSSR count). The highest BCUT2D eigenvalue weighted by Crippen LogP contribution is 2.28. The van der Waals surface area contributed by atoms with Gasteiger partial charge in [-0.1, -0.05) is 43.6 Å². The summed E-state index contributed by atoms with van der Waals surface area (Å²) in [6, 6.07) is 14.9. The van der Waals surface area contributed by atoms with Crippen molar-refractivity contribution in [3.8, 4) is 0 Å². The van der Waals surface area contributed by atoms with E-state index in [0.29, 0.717) is 29.6 Å². The monoisotopic (exact) mass is 356 g/mol. The molecule has 0 aliphatic carbocycles. The van der Waals surface area contributed by atoms with Gasteiger partial charge in [-0.25, -0.2) is 0 Å². The number of nitrogens with one attached hydrogen (secondary N) is 1. The summed E-state index contributed by atoms with van der Waals surface area (Å²) in [6.07, 6.45) is 0.511. The van der Waals surface area contributed by atoms with Gasteiger partial charge in [-0.15, -0.1) is 0 Å². The summed E-state index contributed by atoms with van der Waals surface area (Å²) in [5.41, 5.74) is 2.67. The van der Waals surface area contributed by atoms with E-state index in [2.05, 4.69) is 19.2 Å². The van der Waals surface area contributed by atoms with Crippen molar-refractivity contribution < 1.29 is 9.59 Å². The zero-order valence-electron chi connectivity index (χ0n) is 14.3. The summed E-state index contributed by atoms with van der Waals surface area (Å²) in [5.74, 6) is -0.659. The molecule has 130 valence electrons. The Labute approximate surface area is 152 Å². The standard InChI is InChI=1S/C20H21ClN2O2/c1-13(2)14-6-8-17(9-7-14)23-11-10-18(20(23)25)19(24)22-16-5-3-4-15(21)12-16/h3-9,12-13,18H,10-11H2,1-2H3,(H,22,24)/t18-/m1/s1. The first kappa shape index (κ1) is 17.5. The number of rotatable bonds is 4. The van der Waals surface area contributed by atoms with Gasteiger partial charge in [-0.05, 0) is 48.2 Å². The van der Waals surface area contributed by atoms with E-state index < -0.39 is 5.92 Å². The molecule has 0 unspecified atom stereocenters. The number of carbonyl (C=O) groups excluding carboxylic acids is 2. The SMILES string of the molecule is CC(C)c1ccc(N2CC[C@H](C(=O)Nc3cccc(Cl)c3)C2=O)cc1. The summed E-state index contributed by atoms with van der Waals surface area (Å²) in [4.78, 5) is 26.8. The normalized spacial score (nSPS) is 17.2. The summed E-state index contributed by atoms with van der Waals surface area (Å²) >= 11 is 5.93. The minimum atomic E-state index is -0.663. The number of hydrogen-bond donors (Lipinski definition) is 1. The number of anilines is 2. The van der Waals surface area contributed by atoms with E-state index in [0.717, 1.165) is 5.69 Å². The van der Waals surface area contributed by atoms with E-state index in [-0.39, 0.29) is 11.8 Å². The van der Waals surface area contributed by atoms with Crippen LogP contribution in [0.25, 0.3) is 0 Å². The Balaban J connectivity index is 1.69. The van der Waals surface area contributed by atoms with Crippen LogP contribution in [-0.2, 0) is 9.59 Å². The molecular weight excluding hydrogens is 336 g/mol. The van der Waals surface area contributed by atoms with Gasteiger partial charge in [0.1, 0.15) is 5.92 Å². The van der Waals surface area contributed by atoms with E-state index in [1.807, 2.05) is 24.3 Å². The summed E-state index contributed by atoms with van der Waals surface area (Å²) < 4.78 is 0. The van der Waals surface area contributed by atoms with Crippen LogP contribution in [0.4, 0.5) is 11.4 Å². The van der Waals surface area contributed by atoms with Crippen LogP contribution in [-0.4, -0.2) is 18.4 Å². The van der Waals surface area contributed by atoms with E-state index in [4.69, 9.17) is 11.6 Å². The number of halogens is 1. The van der Waals surface area contributed by atoms with E-state index in [1.54, 1.807) is 29.2 Å². The van der Waals surface area contributed by atoms with Crippen molar-refractivity contribution in [2.24, 2.45) is 5.92 Å². The van der Waals surface area contributed by atoms with Crippen LogP contribution in [0, 0.1) is 5.92 Å². The average molecular weight is 357 g/mol. The third-order valence-corrected chi connectivity index (χ3v) is 4.72. The molecular formula is C20H21ClN2O2. The Morgan fingerprint density at radius 3 is 2.56 bits per heavy atom. The largest absolute Gasteiger partial charge is 0.325 e. The zero-order chi connectivity index (χ0) is 18.0. The molecule has 2 aromatic carbocycles. The van der Waals surface area contributed by atoms with Gasteiger partial charge in [0, 0.05) is 22.9 Å². The fourth-order valence-electron chi connectivity index (χ4n) is 3.01. The van der Waals surface area contributed by atoms with Crippen LogP contribution in [0.15, 0.2) is 48.5 Å². The number of carbonyl (C=O) groups is 2. The number of benzene rings is 2. The van der Waals surface area contributed by atoms with E-state index >= 15 is 0 Å². The van der Waals surface area contributed by atoms with Crippen LogP contribution in [0.5, 0.6) is 0 Å². The van der Waals surface area contributed by atoms with E-state index in [9.17, 15) is 9.59 Å². The topological polar surface area (TPSA) is 49.4 Å².